The zero-order valence-electron chi connectivity index (χ0n) is 16.5. The molecule has 4 rings (SSSR count). The molecule has 10 heteroatoms. The normalized spacial score (nSPS) is 10.6. The van der Waals surface area contributed by atoms with Crippen LogP contribution in [0, 0.1) is 0 Å². The smallest absolute Gasteiger partial charge is 0.337 e. The number of nitrogens with zero attached hydrogens (tertiary/aromatic N) is 3. The first-order valence-electron chi connectivity index (χ1n) is 9.01. The van der Waals surface area contributed by atoms with Crippen LogP contribution < -0.4 is 5.32 Å². The molecule has 4 aromatic rings. The zero-order valence-corrected chi connectivity index (χ0v) is 17.3. The van der Waals surface area contributed by atoms with Gasteiger partial charge >= 0.3 is 11.9 Å². The Hall–Kier alpha value is -4.05. The Balaban J connectivity index is 1.70. The second-order valence-electron chi connectivity index (χ2n) is 6.34. The van der Waals surface area contributed by atoms with Crippen molar-refractivity contribution < 1.29 is 23.9 Å². The lowest BCUT2D eigenvalue weighted by molar-refractivity contribution is 0.0599. The monoisotopic (exact) mass is 436 g/mol. The number of fused-ring (bicyclic) bond motifs is 1. The minimum absolute atomic E-state index is 0.0960. The quantitative estimate of drug-likeness (QED) is 0.478. The van der Waals surface area contributed by atoms with E-state index >= 15 is 0 Å². The summed E-state index contributed by atoms with van der Waals surface area (Å²) in [6.45, 7) is 0. The number of ether oxygens (including phenoxy) is 2. The Labute approximate surface area is 180 Å². The largest absolute Gasteiger partial charge is 0.465 e. The molecule has 0 saturated heterocycles. The number of amides is 1. The molecule has 1 amide bonds. The van der Waals surface area contributed by atoms with Crippen molar-refractivity contribution in [3.63, 3.8) is 0 Å². The summed E-state index contributed by atoms with van der Waals surface area (Å²) in [5.74, 6) is -1.80. The molecule has 0 radical (unpaired) electrons. The molecule has 0 aliphatic heterocycles. The van der Waals surface area contributed by atoms with Crippen molar-refractivity contribution >= 4 is 40.5 Å². The van der Waals surface area contributed by atoms with Crippen molar-refractivity contribution in [3.8, 4) is 10.6 Å². The van der Waals surface area contributed by atoms with Crippen molar-refractivity contribution in [2.24, 2.45) is 0 Å². The Morgan fingerprint density at radius 1 is 1.03 bits per heavy atom. The third-order valence-corrected chi connectivity index (χ3v) is 5.34. The van der Waals surface area contributed by atoms with Crippen LogP contribution in [-0.2, 0) is 9.47 Å². The number of hydrogen-bond donors (Lipinski definition) is 1. The molecule has 3 aromatic heterocycles. The molecule has 0 unspecified atom stereocenters. The van der Waals surface area contributed by atoms with Crippen LogP contribution in [0.4, 0.5) is 5.69 Å². The molecule has 3 heterocycles. The van der Waals surface area contributed by atoms with Gasteiger partial charge in [-0.15, -0.1) is 11.3 Å². The Morgan fingerprint density at radius 2 is 1.74 bits per heavy atom. The van der Waals surface area contributed by atoms with E-state index in [9.17, 15) is 14.4 Å². The Kier molecular flexibility index (Phi) is 5.46. The first-order chi connectivity index (χ1) is 15.0. The topological polar surface area (TPSA) is 112 Å². The highest BCUT2D eigenvalue weighted by molar-refractivity contribution is 7.13. The van der Waals surface area contributed by atoms with Crippen molar-refractivity contribution in [1.29, 1.82) is 0 Å². The maximum atomic E-state index is 13.0. The van der Waals surface area contributed by atoms with Gasteiger partial charge in [-0.1, -0.05) is 6.07 Å². The molecular weight excluding hydrogens is 420 g/mol. The Morgan fingerprint density at radius 3 is 2.35 bits per heavy atom. The number of esters is 2. The fourth-order valence-electron chi connectivity index (χ4n) is 3.03. The zero-order chi connectivity index (χ0) is 22.0. The second kappa shape index (κ2) is 8.36. The molecule has 0 aliphatic rings. The molecule has 0 bridgehead atoms. The third-order valence-electron chi connectivity index (χ3n) is 4.45. The summed E-state index contributed by atoms with van der Waals surface area (Å²) in [5.41, 5.74) is 1.83. The van der Waals surface area contributed by atoms with Gasteiger partial charge in [-0.05, 0) is 35.7 Å². The number of anilines is 1. The number of nitrogens with one attached hydrogen (secondary N) is 1. The summed E-state index contributed by atoms with van der Waals surface area (Å²) >= 11 is 1.55. The van der Waals surface area contributed by atoms with Crippen molar-refractivity contribution in [1.82, 2.24) is 14.6 Å². The maximum Gasteiger partial charge on any atom is 0.337 e. The van der Waals surface area contributed by atoms with Crippen molar-refractivity contribution in [2.75, 3.05) is 19.5 Å². The van der Waals surface area contributed by atoms with E-state index < -0.39 is 17.8 Å². The van der Waals surface area contributed by atoms with Gasteiger partial charge in [0.1, 0.15) is 5.56 Å². The van der Waals surface area contributed by atoms with E-state index in [1.54, 1.807) is 22.0 Å². The molecule has 0 aliphatic carbocycles. The van der Waals surface area contributed by atoms with Gasteiger partial charge in [-0.2, -0.15) is 5.10 Å². The maximum absolute atomic E-state index is 13.0. The molecule has 0 atom stereocenters. The van der Waals surface area contributed by atoms with Gasteiger partial charge in [-0.3, -0.25) is 4.79 Å². The van der Waals surface area contributed by atoms with Gasteiger partial charge < -0.3 is 14.8 Å². The predicted octanol–water partition coefficient (Wildman–Crippen LogP) is 3.28. The number of rotatable bonds is 5. The SMILES string of the molecule is COC(=O)c1cc(NC(=O)c2cnn3c(-c4cccs4)ccnc23)cc(C(=O)OC)c1. The lowest BCUT2D eigenvalue weighted by Gasteiger charge is -2.09. The minimum atomic E-state index is -0.653. The highest BCUT2D eigenvalue weighted by Gasteiger charge is 2.19. The van der Waals surface area contributed by atoms with Gasteiger partial charge in [-0.25, -0.2) is 19.1 Å². The van der Waals surface area contributed by atoms with Crippen molar-refractivity contribution in [3.05, 3.63) is 70.9 Å². The number of methoxy groups -OCH3 is 2. The summed E-state index contributed by atoms with van der Waals surface area (Å²) < 4.78 is 11.0. The average Bonchev–Trinajstić information content (AvgIpc) is 3.47. The number of carbonyl (C=O) groups is 3. The van der Waals surface area contributed by atoms with Gasteiger partial charge in [0.25, 0.3) is 5.91 Å². The van der Waals surface area contributed by atoms with Gasteiger partial charge in [0.15, 0.2) is 5.65 Å². The van der Waals surface area contributed by atoms with Crippen LogP contribution in [0.15, 0.2) is 54.2 Å². The summed E-state index contributed by atoms with van der Waals surface area (Å²) in [5, 5.41) is 8.94. The first-order valence-corrected chi connectivity index (χ1v) is 9.89. The summed E-state index contributed by atoms with van der Waals surface area (Å²) in [6, 6.07) is 9.84. The van der Waals surface area contributed by atoms with Crippen LogP contribution >= 0.6 is 11.3 Å². The predicted molar refractivity (Wildman–Crippen MR) is 113 cm³/mol. The fraction of sp³-hybridized carbons (Fsp3) is 0.0952. The van der Waals surface area contributed by atoms with Gasteiger partial charge in [0.05, 0.1) is 42.1 Å². The number of hydrogen-bond acceptors (Lipinski definition) is 8. The standard InChI is InChI=1S/C21H16N4O5S/c1-29-20(27)12-8-13(21(28)30-2)10-14(9-12)24-19(26)15-11-23-25-16(5-6-22-18(15)25)17-4-3-7-31-17/h3-11H,1-2H3,(H,24,26). The third kappa shape index (κ3) is 3.88. The van der Waals surface area contributed by atoms with E-state index in [2.05, 4.69) is 15.4 Å². The van der Waals surface area contributed by atoms with Gasteiger partial charge in [0, 0.05) is 11.9 Å². The van der Waals surface area contributed by atoms with Crippen LogP contribution in [0.25, 0.3) is 16.2 Å². The highest BCUT2D eigenvalue weighted by atomic mass is 32.1. The number of aromatic nitrogens is 3. The van der Waals surface area contributed by atoms with Gasteiger partial charge in [0.2, 0.25) is 0 Å². The average molecular weight is 436 g/mol. The van der Waals surface area contributed by atoms with E-state index in [0.717, 1.165) is 10.6 Å². The van der Waals surface area contributed by atoms with E-state index in [1.165, 1.54) is 38.6 Å². The fourth-order valence-corrected chi connectivity index (χ4v) is 3.77. The molecule has 1 aromatic carbocycles. The van der Waals surface area contributed by atoms with E-state index in [-0.39, 0.29) is 22.4 Å². The van der Waals surface area contributed by atoms with Crippen LogP contribution in [0.5, 0.6) is 0 Å². The molecule has 0 saturated carbocycles. The molecule has 0 fully saturated rings. The van der Waals surface area contributed by atoms with E-state index in [4.69, 9.17) is 9.47 Å². The molecule has 0 spiro atoms. The van der Waals surface area contributed by atoms with E-state index in [1.807, 2.05) is 23.6 Å². The number of thiophene rings is 1. The van der Waals surface area contributed by atoms with Crippen LogP contribution in [-0.4, -0.2) is 46.7 Å². The van der Waals surface area contributed by atoms with Crippen molar-refractivity contribution in [2.45, 2.75) is 0 Å². The summed E-state index contributed by atoms with van der Waals surface area (Å²) in [4.78, 5) is 42.1. The number of benzene rings is 1. The highest BCUT2D eigenvalue weighted by Crippen LogP contribution is 2.26. The molecule has 31 heavy (non-hydrogen) atoms. The molecule has 1 N–H and O–H groups in total. The lowest BCUT2D eigenvalue weighted by Crippen LogP contribution is -2.14. The van der Waals surface area contributed by atoms with Crippen LogP contribution in [0.1, 0.15) is 31.1 Å². The van der Waals surface area contributed by atoms with E-state index in [0.29, 0.717) is 5.65 Å². The van der Waals surface area contributed by atoms with Crippen LogP contribution in [0.3, 0.4) is 0 Å². The van der Waals surface area contributed by atoms with Crippen LogP contribution in [0.2, 0.25) is 0 Å². The summed E-state index contributed by atoms with van der Waals surface area (Å²) in [6.07, 6.45) is 3.02. The molecule has 9 nitrogen and oxygen atoms in total. The first kappa shape index (κ1) is 20.2. The lowest BCUT2D eigenvalue weighted by atomic mass is 10.1. The molecule has 156 valence electrons. The Bertz CT molecular complexity index is 1260. The molecular formula is C21H16N4O5S. The minimum Gasteiger partial charge on any atom is -0.465 e. The second-order valence-corrected chi connectivity index (χ2v) is 7.29. The number of carbonyl (C=O) groups excluding carboxylic acids is 3. The summed E-state index contributed by atoms with van der Waals surface area (Å²) in [7, 11) is 2.45.